The maximum Gasteiger partial charge on any atom is 0.347 e. The highest BCUT2D eigenvalue weighted by atomic mass is 32.1. The molecule has 0 bridgehead atoms. The Morgan fingerprint density at radius 2 is 1.91 bits per heavy atom. The van der Waals surface area contributed by atoms with Crippen LogP contribution in [-0.2, 0) is 13.0 Å². The number of carboxylic acids is 1. The molecule has 118 valence electrons. The van der Waals surface area contributed by atoms with Crippen molar-refractivity contribution in [2.24, 2.45) is 0 Å². The van der Waals surface area contributed by atoms with Crippen LogP contribution >= 0.6 is 11.3 Å². The van der Waals surface area contributed by atoms with Gasteiger partial charge in [0.2, 0.25) is 0 Å². The van der Waals surface area contributed by atoms with Gasteiger partial charge in [-0.25, -0.2) is 9.78 Å². The van der Waals surface area contributed by atoms with Crippen LogP contribution in [0.4, 0.5) is 0 Å². The van der Waals surface area contributed by atoms with Gasteiger partial charge in [0.15, 0.2) is 0 Å². The van der Waals surface area contributed by atoms with Crippen LogP contribution in [0.15, 0.2) is 36.7 Å². The fraction of sp³-hybridized carbons (Fsp3) is 0.235. The van der Waals surface area contributed by atoms with Crippen molar-refractivity contribution in [2.45, 2.75) is 26.8 Å². The van der Waals surface area contributed by atoms with Gasteiger partial charge >= 0.3 is 5.97 Å². The van der Waals surface area contributed by atoms with Gasteiger partial charge < -0.3 is 5.11 Å². The number of carboxylic acid groups (broad SMARTS) is 1. The van der Waals surface area contributed by atoms with Gasteiger partial charge in [-0.15, -0.1) is 11.3 Å². The summed E-state index contributed by atoms with van der Waals surface area (Å²) in [6.07, 6.45) is 4.51. The molecule has 0 aliphatic heterocycles. The molecule has 0 fully saturated rings. The quantitative estimate of drug-likeness (QED) is 0.781. The van der Waals surface area contributed by atoms with E-state index in [4.69, 9.17) is 5.11 Å². The number of rotatable bonds is 5. The molecule has 0 amide bonds. The van der Waals surface area contributed by atoms with Crippen molar-refractivity contribution in [3.8, 4) is 0 Å². The lowest BCUT2D eigenvalue weighted by molar-refractivity contribution is 0.0701. The highest BCUT2D eigenvalue weighted by molar-refractivity contribution is 7.13. The van der Waals surface area contributed by atoms with Crippen molar-refractivity contribution >= 4 is 17.3 Å². The van der Waals surface area contributed by atoms with Gasteiger partial charge in [0.05, 0.1) is 23.4 Å². The number of hydrogen-bond donors (Lipinski definition) is 1. The van der Waals surface area contributed by atoms with E-state index in [9.17, 15) is 4.79 Å². The third-order valence-electron chi connectivity index (χ3n) is 3.52. The van der Waals surface area contributed by atoms with E-state index in [0.717, 1.165) is 22.7 Å². The first-order valence-corrected chi connectivity index (χ1v) is 8.09. The summed E-state index contributed by atoms with van der Waals surface area (Å²) < 4.78 is 1.91. The number of benzene rings is 1. The molecular weight excluding hydrogens is 310 g/mol. The SMILES string of the molecule is Cc1cnn(Cc2ccc(Cc3nc(C)c(C(=O)O)s3)cc2)c1. The number of aryl methyl sites for hydroxylation is 2. The monoisotopic (exact) mass is 327 g/mol. The first-order valence-electron chi connectivity index (χ1n) is 7.28. The molecule has 5 nitrogen and oxygen atoms in total. The fourth-order valence-electron chi connectivity index (χ4n) is 2.40. The Bertz CT molecular complexity index is 834. The van der Waals surface area contributed by atoms with Gasteiger partial charge in [0, 0.05) is 12.6 Å². The van der Waals surface area contributed by atoms with E-state index < -0.39 is 5.97 Å². The average molecular weight is 327 g/mol. The first kappa shape index (κ1) is 15.4. The summed E-state index contributed by atoms with van der Waals surface area (Å²) in [6, 6.07) is 8.27. The van der Waals surface area contributed by atoms with Gasteiger partial charge in [-0.05, 0) is 30.5 Å². The Hall–Kier alpha value is -2.47. The molecule has 0 unspecified atom stereocenters. The Balaban J connectivity index is 1.70. The Kier molecular flexibility index (Phi) is 4.25. The summed E-state index contributed by atoms with van der Waals surface area (Å²) in [5, 5.41) is 14.2. The topological polar surface area (TPSA) is 68.0 Å². The molecule has 0 radical (unpaired) electrons. The van der Waals surface area contributed by atoms with Crippen molar-refractivity contribution in [1.82, 2.24) is 14.8 Å². The summed E-state index contributed by atoms with van der Waals surface area (Å²) in [4.78, 5) is 15.7. The van der Waals surface area contributed by atoms with E-state index in [1.54, 1.807) is 6.92 Å². The van der Waals surface area contributed by atoms with Gasteiger partial charge in [-0.3, -0.25) is 4.68 Å². The first-order chi connectivity index (χ1) is 11.0. The van der Waals surface area contributed by atoms with Crippen LogP contribution < -0.4 is 0 Å². The minimum absolute atomic E-state index is 0.325. The molecule has 0 aliphatic rings. The van der Waals surface area contributed by atoms with Crippen LogP contribution in [-0.4, -0.2) is 25.8 Å². The van der Waals surface area contributed by atoms with Gasteiger partial charge in [0.1, 0.15) is 4.88 Å². The summed E-state index contributed by atoms with van der Waals surface area (Å²) in [7, 11) is 0. The standard InChI is InChI=1S/C17H17N3O2S/c1-11-8-18-20(9-11)10-14-5-3-13(4-6-14)7-15-19-12(2)16(23-15)17(21)22/h3-6,8-9H,7,10H2,1-2H3,(H,21,22). The molecule has 2 heterocycles. The normalized spacial score (nSPS) is 10.9. The van der Waals surface area contributed by atoms with Gasteiger partial charge in [-0.2, -0.15) is 5.10 Å². The van der Waals surface area contributed by atoms with E-state index in [1.807, 2.05) is 24.0 Å². The highest BCUT2D eigenvalue weighted by Gasteiger charge is 2.14. The lowest BCUT2D eigenvalue weighted by atomic mass is 10.1. The molecule has 3 aromatic rings. The minimum atomic E-state index is -0.906. The zero-order valence-corrected chi connectivity index (χ0v) is 13.8. The second kappa shape index (κ2) is 6.34. The van der Waals surface area contributed by atoms with Crippen molar-refractivity contribution in [1.29, 1.82) is 0 Å². The smallest absolute Gasteiger partial charge is 0.347 e. The fourth-order valence-corrected chi connectivity index (χ4v) is 3.34. The molecular formula is C17H17N3O2S. The second-order valence-electron chi connectivity index (χ2n) is 5.54. The summed E-state index contributed by atoms with van der Waals surface area (Å²) in [6.45, 7) is 4.50. The van der Waals surface area contributed by atoms with E-state index in [-0.39, 0.29) is 0 Å². The Labute approximate surface area is 138 Å². The number of aromatic carboxylic acids is 1. The highest BCUT2D eigenvalue weighted by Crippen LogP contribution is 2.21. The lowest BCUT2D eigenvalue weighted by Gasteiger charge is -2.04. The molecule has 0 saturated heterocycles. The predicted octanol–water partition coefficient (Wildman–Crippen LogP) is 3.29. The van der Waals surface area contributed by atoms with E-state index in [2.05, 4.69) is 34.3 Å². The summed E-state index contributed by atoms with van der Waals surface area (Å²) in [5.41, 5.74) is 4.03. The number of thiazole rings is 1. The Morgan fingerprint density at radius 1 is 1.22 bits per heavy atom. The minimum Gasteiger partial charge on any atom is -0.477 e. The number of hydrogen-bond acceptors (Lipinski definition) is 4. The molecule has 0 saturated carbocycles. The van der Waals surface area contributed by atoms with Gasteiger partial charge in [-0.1, -0.05) is 24.3 Å². The summed E-state index contributed by atoms with van der Waals surface area (Å²) in [5.74, 6) is -0.906. The maximum absolute atomic E-state index is 11.1. The molecule has 23 heavy (non-hydrogen) atoms. The number of carbonyl (C=O) groups is 1. The molecule has 0 spiro atoms. The third-order valence-corrected chi connectivity index (χ3v) is 4.67. The molecule has 1 N–H and O–H groups in total. The lowest BCUT2D eigenvalue weighted by Crippen LogP contribution is -2.00. The molecule has 3 rings (SSSR count). The molecule has 0 atom stereocenters. The number of nitrogens with zero attached hydrogens (tertiary/aromatic N) is 3. The largest absolute Gasteiger partial charge is 0.477 e. The van der Waals surface area contributed by atoms with Crippen LogP contribution in [0.1, 0.15) is 37.1 Å². The average Bonchev–Trinajstić information content (AvgIpc) is 3.07. The zero-order valence-electron chi connectivity index (χ0n) is 13.0. The van der Waals surface area contributed by atoms with Crippen molar-refractivity contribution in [3.63, 3.8) is 0 Å². The van der Waals surface area contributed by atoms with Crippen LogP contribution in [0.2, 0.25) is 0 Å². The maximum atomic E-state index is 11.1. The molecule has 6 heteroatoms. The second-order valence-corrected chi connectivity index (χ2v) is 6.62. The number of aromatic nitrogens is 3. The van der Waals surface area contributed by atoms with Gasteiger partial charge in [0.25, 0.3) is 0 Å². The van der Waals surface area contributed by atoms with Crippen LogP contribution in [0.5, 0.6) is 0 Å². The van der Waals surface area contributed by atoms with Crippen LogP contribution in [0, 0.1) is 13.8 Å². The van der Waals surface area contributed by atoms with Crippen LogP contribution in [0.3, 0.4) is 0 Å². The van der Waals surface area contributed by atoms with Crippen LogP contribution in [0.25, 0.3) is 0 Å². The zero-order chi connectivity index (χ0) is 16.4. The molecule has 0 aliphatic carbocycles. The van der Waals surface area contributed by atoms with E-state index in [1.165, 1.54) is 16.9 Å². The Morgan fingerprint density at radius 3 is 2.48 bits per heavy atom. The van der Waals surface area contributed by atoms with Crippen molar-refractivity contribution in [3.05, 3.63) is 68.9 Å². The van der Waals surface area contributed by atoms with Crippen molar-refractivity contribution < 1.29 is 9.90 Å². The summed E-state index contributed by atoms with van der Waals surface area (Å²) >= 11 is 1.25. The van der Waals surface area contributed by atoms with E-state index in [0.29, 0.717) is 17.0 Å². The van der Waals surface area contributed by atoms with E-state index >= 15 is 0 Å². The van der Waals surface area contributed by atoms with Crippen molar-refractivity contribution in [2.75, 3.05) is 0 Å². The third kappa shape index (κ3) is 3.65. The molecule has 2 aromatic heterocycles. The predicted molar refractivity (Wildman–Crippen MR) is 89.1 cm³/mol. The molecule has 1 aromatic carbocycles.